The number of carboxylic acids is 1. The van der Waals surface area contributed by atoms with Gasteiger partial charge >= 0.3 is 5.97 Å². The monoisotopic (exact) mass is 290 g/mol. The number of nitrogens with one attached hydrogen (secondary N) is 1. The number of aliphatic carboxylic acids is 1. The van der Waals surface area contributed by atoms with Crippen LogP contribution in [0.15, 0.2) is 30.3 Å². The van der Waals surface area contributed by atoms with Crippen LogP contribution in [0, 0.1) is 5.92 Å². The van der Waals surface area contributed by atoms with E-state index in [1.165, 1.54) is 5.56 Å². The first-order valence-electron chi connectivity index (χ1n) is 7.81. The molecule has 0 bridgehead atoms. The third-order valence-corrected chi connectivity index (χ3v) is 4.18. The first-order valence-corrected chi connectivity index (χ1v) is 7.81. The molecule has 0 spiro atoms. The minimum absolute atomic E-state index is 0.116. The zero-order chi connectivity index (χ0) is 15.2. The van der Waals surface area contributed by atoms with Crippen LogP contribution in [0.25, 0.3) is 0 Å². The number of hydrogen-bond acceptors (Lipinski definition) is 3. The molecule has 1 aliphatic heterocycles. The first-order chi connectivity index (χ1) is 10.1. The molecule has 0 aromatic heterocycles. The van der Waals surface area contributed by atoms with Crippen molar-refractivity contribution in [1.82, 2.24) is 10.2 Å². The van der Waals surface area contributed by atoms with Crippen molar-refractivity contribution in [3.8, 4) is 0 Å². The first kappa shape index (κ1) is 16.0. The number of piperidine rings is 1. The summed E-state index contributed by atoms with van der Waals surface area (Å²) in [4.78, 5) is 13.7. The molecule has 1 unspecified atom stereocenters. The number of likely N-dealkylation sites (tertiary alicyclic amines) is 1. The smallest absolute Gasteiger partial charge is 0.320 e. The SMILES string of the molecule is CC(C)C(NC1CCN(Cc2ccccc2)CC1)C(=O)O. The molecule has 21 heavy (non-hydrogen) atoms. The molecule has 4 nitrogen and oxygen atoms in total. The summed E-state index contributed by atoms with van der Waals surface area (Å²) in [5.74, 6) is -0.624. The fourth-order valence-electron chi connectivity index (χ4n) is 2.90. The predicted molar refractivity (Wildman–Crippen MR) is 84.1 cm³/mol. The van der Waals surface area contributed by atoms with Gasteiger partial charge in [-0.25, -0.2) is 0 Å². The lowest BCUT2D eigenvalue weighted by atomic mass is 9.99. The average Bonchev–Trinajstić information content (AvgIpc) is 2.47. The van der Waals surface area contributed by atoms with Gasteiger partial charge in [-0.1, -0.05) is 44.2 Å². The molecule has 1 saturated heterocycles. The van der Waals surface area contributed by atoms with Crippen LogP contribution in [0.5, 0.6) is 0 Å². The van der Waals surface area contributed by atoms with Crippen molar-refractivity contribution >= 4 is 5.97 Å². The van der Waals surface area contributed by atoms with Crippen molar-refractivity contribution in [1.29, 1.82) is 0 Å². The highest BCUT2D eigenvalue weighted by molar-refractivity contribution is 5.73. The summed E-state index contributed by atoms with van der Waals surface area (Å²) in [6, 6.07) is 10.4. The zero-order valence-electron chi connectivity index (χ0n) is 13.0. The fourth-order valence-corrected chi connectivity index (χ4v) is 2.90. The van der Waals surface area contributed by atoms with E-state index in [9.17, 15) is 9.90 Å². The average molecular weight is 290 g/mol. The molecule has 0 saturated carbocycles. The Morgan fingerprint density at radius 3 is 2.43 bits per heavy atom. The summed E-state index contributed by atoms with van der Waals surface area (Å²) >= 11 is 0. The molecule has 1 atom stereocenters. The second-order valence-corrected chi connectivity index (χ2v) is 6.26. The van der Waals surface area contributed by atoms with E-state index in [1.807, 2.05) is 19.9 Å². The molecule has 0 aliphatic carbocycles. The lowest BCUT2D eigenvalue weighted by Crippen LogP contribution is -2.50. The number of nitrogens with zero attached hydrogens (tertiary/aromatic N) is 1. The number of carboxylic acid groups (broad SMARTS) is 1. The highest BCUT2D eigenvalue weighted by Crippen LogP contribution is 2.15. The van der Waals surface area contributed by atoms with Crippen molar-refractivity contribution in [2.24, 2.45) is 5.92 Å². The highest BCUT2D eigenvalue weighted by atomic mass is 16.4. The predicted octanol–water partition coefficient (Wildman–Crippen LogP) is 2.35. The van der Waals surface area contributed by atoms with Crippen LogP contribution in [-0.2, 0) is 11.3 Å². The Morgan fingerprint density at radius 1 is 1.29 bits per heavy atom. The lowest BCUT2D eigenvalue weighted by Gasteiger charge is -2.34. The number of carbonyl (C=O) groups is 1. The van der Waals surface area contributed by atoms with Gasteiger partial charge in [0.15, 0.2) is 0 Å². The molecule has 1 aromatic rings. The van der Waals surface area contributed by atoms with Gasteiger partial charge in [0.2, 0.25) is 0 Å². The maximum Gasteiger partial charge on any atom is 0.320 e. The molecule has 2 rings (SSSR count). The molecule has 116 valence electrons. The zero-order valence-corrected chi connectivity index (χ0v) is 13.0. The normalized spacial score (nSPS) is 18.8. The van der Waals surface area contributed by atoms with Gasteiger partial charge in [0, 0.05) is 12.6 Å². The Hall–Kier alpha value is -1.39. The Bertz CT molecular complexity index is 439. The third kappa shape index (κ3) is 4.83. The van der Waals surface area contributed by atoms with E-state index in [2.05, 4.69) is 34.5 Å². The van der Waals surface area contributed by atoms with Crippen LogP contribution < -0.4 is 5.32 Å². The van der Waals surface area contributed by atoms with E-state index < -0.39 is 12.0 Å². The Kier molecular flexibility index (Phi) is 5.76. The molecular formula is C17H26N2O2. The second-order valence-electron chi connectivity index (χ2n) is 6.26. The second kappa shape index (κ2) is 7.57. The van der Waals surface area contributed by atoms with Crippen LogP contribution >= 0.6 is 0 Å². The van der Waals surface area contributed by atoms with E-state index in [0.29, 0.717) is 6.04 Å². The molecule has 0 radical (unpaired) electrons. The Balaban J connectivity index is 1.79. The quantitative estimate of drug-likeness (QED) is 0.844. The van der Waals surface area contributed by atoms with Gasteiger partial charge in [-0.3, -0.25) is 9.69 Å². The fraction of sp³-hybridized carbons (Fsp3) is 0.588. The van der Waals surface area contributed by atoms with E-state index >= 15 is 0 Å². The molecular weight excluding hydrogens is 264 g/mol. The van der Waals surface area contributed by atoms with Crippen LogP contribution in [-0.4, -0.2) is 41.1 Å². The van der Waals surface area contributed by atoms with Crippen molar-refractivity contribution in [3.05, 3.63) is 35.9 Å². The van der Waals surface area contributed by atoms with Crippen LogP contribution in [0.4, 0.5) is 0 Å². The molecule has 4 heteroatoms. The topological polar surface area (TPSA) is 52.6 Å². The maximum atomic E-state index is 11.2. The van der Waals surface area contributed by atoms with E-state index in [0.717, 1.165) is 32.5 Å². The molecule has 2 N–H and O–H groups in total. The number of hydrogen-bond donors (Lipinski definition) is 2. The molecule has 1 heterocycles. The molecule has 1 fully saturated rings. The summed E-state index contributed by atoms with van der Waals surface area (Å²) in [6.07, 6.45) is 2.03. The summed E-state index contributed by atoms with van der Waals surface area (Å²) in [5, 5.41) is 12.6. The van der Waals surface area contributed by atoms with E-state index in [1.54, 1.807) is 0 Å². The largest absolute Gasteiger partial charge is 0.480 e. The van der Waals surface area contributed by atoms with Gasteiger partial charge in [0.1, 0.15) is 6.04 Å². The molecule has 1 aromatic carbocycles. The summed E-state index contributed by atoms with van der Waals surface area (Å²) < 4.78 is 0. The molecule has 0 amide bonds. The number of benzene rings is 1. The minimum atomic E-state index is -0.739. The van der Waals surface area contributed by atoms with Gasteiger partial charge in [-0.05, 0) is 37.4 Å². The summed E-state index contributed by atoms with van der Waals surface area (Å²) in [5.41, 5.74) is 1.34. The van der Waals surface area contributed by atoms with E-state index in [4.69, 9.17) is 0 Å². The van der Waals surface area contributed by atoms with Crippen molar-refractivity contribution in [2.75, 3.05) is 13.1 Å². The van der Waals surface area contributed by atoms with Gasteiger partial charge in [0.25, 0.3) is 0 Å². The van der Waals surface area contributed by atoms with Crippen molar-refractivity contribution < 1.29 is 9.90 Å². The maximum absolute atomic E-state index is 11.2. The Morgan fingerprint density at radius 2 is 1.90 bits per heavy atom. The van der Waals surface area contributed by atoms with Crippen molar-refractivity contribution in [3.63, 3.8) is 0 Å². The summed E-state index contributed by atoms with van der Waals surface area (Å²) in [6.45, 7) is 6.95. The summed E-state index contributed by atoms with van der Waals surface area (Å²) in [7, 11) is 0. The van der Waals surface area contributed by atoms with Gasteiger partial charge in [-0.2, -0.15) is 0 Å². The van der Waals surface area contributed by atoms with Gasteiger partial charge in [-0.15, -0.1) is 0 Å². The number of rotatable bonds is 6. The standard InChI is InChI=1S/C17H26N2O2/c1-13(2)16(17(20)21)18-15-8-10-19(11-9-15)12-14-6-4-3-5-7-14/h3-7,13,15-16,18H,8-12H2,1-2H3,(H,20,21). The van der Waals surface area contributed by atoms with Crippen LogP contribution in [0.2, 0.25) is 0 Å². The van der Waals surface area contributed by atoms with E-state index in [-0.39, 0.29) is 5.92 Å². The Labute approximate surface area is 127 Å². The molecule has 1 aliphatic rings. The minimum Gasteiger partial charge on any atom is -0.480 e. The van der Waals surface area contributed by atoms with Crippen LogP contribution in [0.1, 0.15) is 32.3 Å². The van der Waals surface area contributed by atoms with Crippen molar-refractivity contribution in [2.45, 2.75) is 45.3 Å². The van der Waals surface area contributed by atoms with Gasteiger partial charge < -0.3 is 10.4 Å². The lowest BCUT2D eigenvalue weighted by molar-refractivity contribution is -0.141. The highest BCUT2D eigenvalue weighted by Gasteiger charge is 2.27. The van der Waals surface area contributed by atoms with Gasteiger partial charge in [0.05, 0.1) is 0 Å². The third-order valence-electron chi connectivity index (χ3n) is 4.18. The van der Waals surface area contributed by atoms with Crippen LogP contribution in [0.3, 0.4) is 0 Å².